The molecular formula is C24H24Cl2HfNOSi. The Morgan fingerprint density at radius 2 is 1.40 bits per heavy atom. The fraction of sp³-hybridized carbons (Fsp3) is 0.125. The molecule has 153 valence electrons. The van der Waals surface area contributed by atoms with Gasteiger partial charge in [-0.3, -0.25) is 0 Å². The quantitative estimate of drug-likeness (QED) is 0.301. The van der Waals surface area contributed by atoms with Crippen molar-refractivity contribution in [1.29, 1.82) is 0 Å². The minimum absolute atomic E-state index is 0. The van der Waals surface area contributed by atoms with Crippen LogP contribution in [0.5, 0.6) is 0 Å². The number of halogens is 2. The van der Waals surface area contributed by atoms with Crippen LogP contribution in [0.1, 0.15) is 28.1 Å². The van der Waals surface area contributed by atoms with Gasteiger partial charge in [-0.15, -0.1) is 0 Å². The van der Waals surface area contributed by atoms with E-state index in [-0.39, 0.29) is 30.7 Å². The zero-order valence-corrected chi connectivity index (χ0v) is 23.0. The number of allylic oxidation sites excluding steroid dienone is 1. The van der Waals surface area contributed by atoms with Crippen molar-refractivity contribution in [3.8, 4) is 0 Å². The van der Waals surface area contributed by atoms with Crippen LogP contribution in [0.2, 0.25) is 0 Å². The summed E-state index contributed by atoms with van der Waals surface area (Å²) in [5, 5.41) is 2.90. The van der Waals surface area contributed by atoms with Crippen LogP contribution in [0.4, 0.5) is 0 Å². The molecule has 3 aromatic carbocycles. The van der Waals surface area contributed by atoms with Crippen molar-refractivity contribution < 1.29 is 50.5 Å². The van der Waals surface area contributed by atoms with Gasteiger partial charge in [0, 0.05) is 0 Å². The molecule has 30 heavy (non-hydrogen) atoms. The zero-order chi connectivity index (χ0) is 19.3. The minimum Gasteiger partial charge on any atom is -1.00 e. The molecule has 0 heterocycles. The molecule has 0 fully saturated rings. The van der Waals surface area contributed by atoms with E-state index < -0.39 is 26.9 Å². The number of fused-ring (bicyclic) bond motifs is 1. The maximum atomic E-state index is 12.6. The van der Waals surface area contributed by atoms with Crippen molar-refractivity contribution in [2.24, 2.45) is 0 Å². The fourth-order valence-electron chi connectivity index (χ4n) is 3.94. The molecule has 3 aromatic rings. The van der Waals surface area contributed by atoms with E-state index in [9.17, 15) is 4.79 Å². The third-order valence-corrected chi connectivity index (χ3v) is 32.3. The average Bonchev–Trinajstić information content (AvgIpc) is 3.19. The number of hydrogen-bond acceptors (Lipinski definition) is 1. The Hall–Kier alpha value is -1.46. The number of carbonyl (C=O) groups excluding carboxylic acids is 1. The number of nitrogens with one attached hydrogen (secondary N) is 1. The molecule has 0 aliphatic heterocycles. The smallest absolute Gasteiger partial charge is 1.00 e. The summed E-state index contributed by atoms with van der Waals surface area (Å²) >= 11 is -2.67. The van der Waals surface area contributed by atoms with Gasteiger partial charge < -0.3 is 24.8 Å². The first-order valence-electron chi connectivity index (χ1n) is 9.81. The monoisotopic (exact) mass is 620 g/mol. The van der Waals surface area contributed by atoms with Crippen LogP contribution in [0, 0.1) is 0 Å². The summed E-state index contributed by atoms with van der Waals surface area (Å²) in [6.07, 6.45) is 5.18. The number of benzene rings is 3. The summed E-state index contributed by atoms with van der Waals surface area (Å²) in [7, 11) is 0. The predicted molar refractivity (Wildman–Crippen MR) is 116 cm³/mol. The summed E-state index contributed by atoms with van der Waals surface area (Å²) in [6.45, 7) is 1.96. The molecule has 1 amide bonds. The van der Waals surface area contributed by atoms with Gasteiger partial charge >= 0.3 is 176 Å². The van der Waals surface area contributed by atoms with Crippen LogP contribution >= 0.6 is 0 Å². The van der Waals surface area contributed by atoms with Gasteiger partial charge in [0.1, 0.15) is 0 Å². The molecule has 4 rings (SSSR count). The van der Waals surface area contributed by atoms with E-state index in [0.29, 0.717) is 10.1 Å². The summed E-state index contributed by atoms with van der Waals surface area (Å²) in [6, 6.07) is 30.5. The average molecular weight is 620 g/mol. The molecule has 0 saturated heterocycles. The van der Waals surface area contributed by atoms with Gasteiger partial charge in [-0.2, -0.15) is 0 Å². The van der Waals surface area contributed by atoms with Crippen LogP contribution < -0.4 is 38.5 Å². The van der Waals surface area contributed by atoms with Gasteiger partial charge in [0.2, 0.25) is 0 Å². The third-order valence-electron chi connectivity index (χ3n) is 5.32. The number of amides is 1. The third kappa shape index (κ3) is 5.41. The first kappa shape index (κ1) is 24.8. The van der Waals surface area contributed by atoms with E-state index in [4.69, 9.17) is 0 Å². The molecule has 0 radical (unpaired) electrons. The summed E-state index contributed by atoms with van der Waals surface area (Å²) < 4.78 is 4.04. The Balaban J connectivity index is 0.00000160. The Labute approximate surface area is 200 Å². The molecule has 0 saturated carbocycles. The molecule has 1 aliphatic carbocycles. The Morgan fingerprint density at radius 3 is 1.97 bits per heavy atom. The van der Waals surface area contributed by atoms with Gasteiger partial charge in [-0.1, -0.05) is 0 Å². The summed E-state index contributed by atoms with van der Waals surface area (Å²) in [5.74, 6) is -1.31. The summed E-state index contributed by atoms with van der Waals surface area (Å²) in [4.78, 5) is 12.6. The van der Waals surface area contributed by atoms with Crippen molar-refractivity contribution in [3.63, 3.8) is 0 Å². The van der Waals surface area contributed by atoms with E-state index >= 15 is 0 Å². The van der Waals surface area contributed by atoms with Crippen molar-refractivity contribution >= 4 is 28.3 Å². The molecule has 1 N–H and O–H groups in total. The topological polar surface area (TPSA) is 29.1 Å². The largest absolute Gasteiger partial charge is 1.00 e. The maximum absolute atomic E-state index is 12.6. The van der Waals surface area contributed by atoms with Crippen molar-refractivity contribution in [3.05, 3.63) is 102 Å². The van der Waals surface area contributed by atoms with E-state index in [2.05, 4.69) is 100 Å². The van der Waals surface area contributed by atoms with Crippen molar-refractivity contribution in [2.75, 3.05) is 0 Å². The van der Waals surface area contributed by atoms with Crippen molar-refractivity contribution in [2.45, 2.75) is 17.0 Å². The van der Waals surface area contributed by atoms with Crippen LogP contribution in [-0.4, -0.2) is 11.9 Å². The Kier molecular flexibility index (Phi) is 9.76. The number of carbonyl (C=O) groups is 1. The first-order chi connectivity index (χ1) is 13.8. The zero-order valence-electron chi connectivity index (χ0n) is 16.8. The van der Waals surface area contributed by atoms with Gasteiger partial charge in [-0.05, 0) is 0 Å². The van der Waals surface area contributed by atoms with Gasteiger partial charge in [0.25, 0.3) is 0 Å². The standard InChI is InChI=1S/C12H11Si.C9H7.C3H7NO.2ClH.Hf/c1-3-7-11(8-4-1)13-12-9-5-2-6-10-12;1-2-5-9-7-3-6-8(9)4-1;1-2-3(4)5;;;/h1-10,13H;1-7H;2H2,1H3,(H2,4,5);2*1H;/q;;;;;+3/p-3. The molecule has 1 atom stereocenters. The van der Waals surface area contributed by atoms with E-state index in [1.165, 1.54) is 21.5 Å². The fourth-order valence-corrected chi connectivity index (χ4v) is 33.4. The molecule has 2 nitrogen and oxygen atoms in total. The van der Waals surface area contributed by atoms with E-state index in [0.717, 1.165) is 0 Å². The molecule has 0 aromatic heterocycles. The van der Waals surface area contributed by atoms with Crippen molar-refractivity contribution in [1.82, 2.24) is 3.30 Å². The van der Waals surface area contributed by atoms with Crippen LogP contribution in [0.25, 0.3) is 6.08 Å². The molecule has 1 aliphatic rings. The maximum Gasteiger partial charge on any atom is -1.00 e. The molecule has 1 unspecified atom stereocenters. The Bertz CT molecular complexity index is 945. The first-order valence-corrected chi connectivity index (χ1v) is 21.6. The molecular weight excluding hydrogens is 596 g/mol. The minimum atomic E-state index is -2.67. The normalized spacial score (nSPS) is 13.7. The molecule has 6 heteroatoms. The number of rotatable bonds is 6. The molecule has 0 bridgehead atoms. The van der Waals surface area contributed by atoms with Crippen LogP contribution in [0.3, 0.4) is 0 Å². The predicted octanol–water partition coefficient (Wildman–Crippen LogP) is -2.64. The van der Waals surface area contributed by atoms with E-state index in [1.807, 2.05) is 6.92 Å². The number of hydrogen-bond donors (Lipinski definition) is 1. The second-order valence-electron chi connectivity index (χ2n) is 7.08. The molecule has 0 spiro atoms. The Morgan fingerprint density at radius 1 is 0.867 bits per heavy atom. The van der Waals surface area contributed by atoms with Crippen LogP contribution in [0.15, 0.2) is 91.0 Å². The van der Waals surface area contributed by atoms with Crippen LogP contribution in [-0.2, 0) is 25.7 Å². The van der Waals surface area contributed by atoms with Gasteiger partial charge in [0.15, 0.2) is 0 Å². The SMILES string of the molecule is CCC(=O)[NH][Hf+2]([CH]1C=Cc2ccccc21)[SiH](c1ccccc1)c1ccccc1.[Cl-].[Cl-]. The second kappa shape index (κ2) is 11.8. The second-order valence-corrected chi connectivity index (χ2v) is 27.0. The summed E-state index contributed by atoms with van der Waals surface area (Å²) in [5.41, 5.74) is 2.72. The van der Waals surface area contributed by atoms with E-state index in [1.54, 1.807) is 0 Å². The van der Waals surface area contributed by atoms with Gasteiger partial charge in [0.05, 0.1) is 0 Å². The van der Waals surface area contributed by atoms with Gasteiger partial charge in [-0.25, -0.2) is 0 Å².